The number of amides is 1. The van der Waals surface area contributed by atoms with Crippen molar-refractivity contribution in [2.24, 2.45) is 0 Å². The van der Waals surface area contributed by atoms with Crippen molar-refractivity contribution in [2.75, 3.05) is 27.2 Å². The van der Waals surface area contributed by atoms with Gasteiger partial charge in [0.2, 0.25) is 0 Å². The van der Waals surface area contributed by atoms with Crippen LogP contribution in [0.25, 0.3) is 5.76 Å². The maximum Gasteiger partial charge on any atom is 0.295 e. The van der Waals surface area contributed by atoms with Crippen molar-refractivity contribution in [2.45, 2.75) is 26.0 Å². The van der Waals surface area contributed by atoms with E-state index in [1.165, 1.54) is 17.0 Å². The summed E-state index contributed by atoms with van der Waals surface area (Å²) in [5, 5.41) is 20.7. The third-order valence-corrected chi connectivity index (χ3v) is 5.04. The van der Waals surface area contributed by atoms with Gasteiger partial charge in [0.15, 0.2) is 0 Å². The molecule has 1 amide bonds. The number of aliphatic hydroxyl groups excluding tert-OH is 1. The molecule has 2 N–H and O–H groups in total. The molecule has 1 atom stereocenters. The molecule has 0 aromatic heterocycles. The number of rotatable bonds is 7. The van der Waals surface area contributed by atoms with Gasteiger partial charge in [-0.3, -0.25) is 9.59 Å². The van der Waals surface area contributed by atoms with Gasteiger partial charge in [-0.05, 0) is 69.9 Å². The van der Waals surface area contributed by atoms with Gasteiger partial charge < -0.3 is 24.7 Å². The number of likely N-dealkylation sites (tertiary alicyclic amines) is 1. The summed E-state index contributed by atoms with van der Waals surface area (Å²) in [5.74, 6) is -0.888. The molecule has 1 aliphatic rings. The van der Waals surface area contributed by atoms with E-state index in [0.717, 1.165) is 0 Å². The van der Waals surface area contributed by atoms with Gasteiger partial charge in [0.05, 0.1) is 17.7 Å². The van der Waals surface area contributed by atoms with E-state index in [0.29, 0.717) is 30.0 Å². The number of carbonyl (C=O) groups is 2. The molecule has 0 spiro atoms. The Morgan fingerprint density at radius 3 is 2.23 bits per heavy atom. The Balaban J connectivity index is 2.06. The summed E-state index contributed by atoms with van der Waals surface area (Å²) in [6.45, 7) is 4.71. The number of hydrogen-bond acceptors (Lipinski definition) is 6. The van der Waals surface area contributed by atoms with Crippen molar-refractivity contribution in [1.29, 1.82) is 0 Å². The number of aliphatic hydroxyl groups is 1. The van der Waals surface area contributed by atoms with Gasteiger partial charge in [-0.15, -0.1) is 0 Å². The van der Waals surface area contributed by atoms with E-state index in [1.807, 2.05) is 32.8 Å². The second kappa shape index (κ2) is 9.22. The Morgan fingerprint density at radius 1 is 1.06 bits per heavy atom. The molecule has 164 valence electrons. The molecule has 2 aromatic rings. The molecule has 1 unspecified atom stereocenters. The van der Waals surface area contributed by atoms with Crippen molar-refractivity contribution < 1.29 is 24.5 Å². The molecule has 1 saturated heterocycles. The van der Waals surface area contributed by atoms with Crippen molar-refractivity contribution in [3.63, 3.8) is 0 Å². The number of phenols is 1. The first-order valence-corrected chi connectivity index (χ1v) is 10.2. The van der Waals surface area contributed by atoms with E-state index in [1.54, 1.807) is 36.4 Å². The summed E-state index contributed by atoms with van der Waals surface area (Å²) in [7, 11) is 3.76. The van der Waals surface area contributed by atoms with Crippen LogP contribution in [0.15, 0.2) is 54.1 Å². The number of carbonyl (C=O) groups excluding carboxylic acids is 2. The van der Waals surface area contributed by atoms with E-state index in [2.05, 4.69) is 0 Å². The minimum atomic E-state index is -0.743. The largest absolute Gasteiger partial charge is 0.508 e. The van der Waals surface area contributed by atoms with Crippen LogP contribution in [-0.4, -0.2) is 65.0 Å². The standard InChI is InChI=1S/C24H28N2O5/c1-15(2)31-19-11-7-17(8-12-19)22(28)20-21(16-5-9-18(27)10-6-16)26(14-13-25(3)4)24(30)23(20)29/h5-12,15,21,27-28H,13-14H2,1-4H3/b22-20-. The number of ether oxygens (including phenoxy) is 1. The molecular weight excluding hydrogens is 396 g/mol. The summed E-state index contributed by atoms with van der Waals surface area (Å²) in [4.78, 5) is 29.2. The Kier molecular flexibility index (Phi) is 6.65. The fourth-order valence-corrected chi connectivity index (χ4v) is 3.54. The van der Waals surface area contributed by atoms with E-state index in [9.17, 15) is 19.8 Å². The summed E-state index contributed by atoms with van der Waals surface area (Å²) >= 11 is 0. The maximum absolute atomic E-state index is 12.9. The van der Waals surface area contributed by atoms with Gasteiger partial charge in [0, 0.05) is 18.7 Å². The molecule has 3 rings (SSSR count). The molecule has 7 heteroatoms. The lowest BCUT2D eigenvalue weighted by atomic mass is 9.95. The highest BCUT2D eigenvalue weighted by Gasteiger charge is 2.45. The number of likely N-dealkylation sites (N-methyl/N-ethyl adjacent to an activating group) is 1. The molecule has 2 aromatic carbocycles. The van der Waals surface area contributed by atoms with E-state index in [4.69, 9.17) is 4.74 Å². The van der Waals surface area contributed by atoms with Gasteiger partial charge in [0.25, 0.3) is 11.7 Å². The predicted molar refractivity (Wildman–Crippen MR) is 118 cm³/mol. The van der Waals surface area contributed by atoms with Crippen LogP contribution in [0, 0.1) is 0 Å². The first kappa shape index (κ1) is 22.4. The monoisotopic (exact) mass is 424 g/mol. The second-order valence-electron chi connectivity index (χ2n) is 8.08. The summed E-state index contributed by atoms with van der Waals surface area (Å²) in [6.07, 6.45) is 0.0102. The Hall–Kier alpha value is -3.32. The van der Waals surface area contributed by atoms with Gasteiger partial charge in [0.1, 0.15) is 17.3 Å². The van der Waals surface area contributed by atoms with Gasteiger partial charge >= 0.3 is 0 Å². The van der Waals surface area contributed by atoms with Gasteiger partial charge in [-0.2, -0.15) is 0 Å². The fraction of sp³-hybridized carbons (Fsp3) is 0.333. The number of aromatic hydroxyl groups is 1. The van der Waals surface area contributed by atoms with Crippen LogP contribution in [0.5, 0.6) is 11.5 Å². The summed E-state index contributed by atoms with van der Waals surface area (Å²) < 4.78 is 5.63. The molecule has 0 radical (unpaired) electrons. The number of phenolic OH excluding ortho intramolecular Hbond substituents is 1. The van der Waals surface area contributed by atoms with Crippen molar-refractivity contribution in [3.05, 3.63) is 65.2 Å². The quantitative estimate of drug-likeness (QED) is 0.403. The zero-order valence-electron chi connectivity index (χ0n) is 18.2. The van der Waals surface area contributed by atoms with Gasteiger partial charge in [-0.1, -0.05) is 12.1 Å². The third kappa shape index (κ3) is 4.88. The fourth-order valence-electron chi connectivity index (χ4n) is 3.54. The SMILES string of the molecule is CC(C)Oc1ccc(/C(O)=C2/C(=O)C(=O)N(CCN(C)C)C2c2ccc(O)cc2)cc1. The highest BCUT2D eigenvalue weighted by atomic mass is 16.5. The molecule has 0 aliphatic carbocycles. The smallest absolute Gasteiger partial charge is 0.295 e. The van der Waals surface area contributed by atoms with Crippen LogP contribution >= 0.6 is 0 Å². The van der Waals surface area contributed by atoms with E-state index >= 15 is 0 Å². The number of Topliss-reactive ketones (excluding diaryl/α,β-unsaturated/α-hetero) is 1. The van der Waals surface area contributed by atoms with Crippen LogP contribution in [-0.2, 0) is 9.59 Å². The average molecular weight is 424 g/mol. The van der Waals surface area contributed by atoms with Crippen LogP contribution in [0.3, 0.4) is 0 Å². The zero-order chi connectivity index (χ0) is 22.7. The number of nitrogens with zero attached hydrogens (tertiary/aromatic N) is 2. The molecule has 1 heterocycles. The Labute approximate surface area is 182 Å². The van der Waals surface area contributed by atoms with E-state index in [-0.39, 0.29) is 23.2 Å². The van der Waals surface area contributed by atoms with Crippen molar-refractivity contribution in [1.82, 2.24) is 9.80 Å². The van der Waals surface area contributed by atoms with Crippen LogP contribution in [0.2, 0.25) is 0 Å². The molecule has 0 saturated carbocycles. The lowest BCUT2D eigenvalue weighted by molar-refractivity contribution is -0.140. The van der Waals surface area contributed by atoms with Crippen LogP contribution < -0.4 is 4.74 Å². The third-order valence-electron chi connectivity index (χ3n) is 5.04. The number of hydrogen-bond donors (Lipinski definition) is 2. The summed E-state index contributed by atoms with van der Waals surface area (Å²) in [5.41, 5.74) is 1.09. The Bertz CT molecular complexity index is 978. The normalized spacial score (nSPS) is 18.3. The number of benzene rings is 2. The lowest BCUT2D eigenvalue weighted by Gasteiger charge is -2.26. The van der Waals surface area contributed by atoms with Gasteiger partial charge in [-0.25, -0.2) is 0 Å². The first-order chi connectivity index (χ1) is 14.7. The average Bonchev–Trinajstić information content (AvgIpc) is 2.97. The highest BCUT2D eigenvalue weighted by molar-refractivity contribution is 6.46. The predicted octanol–water partition coefficient (Wildman–Crippen LogP) is 3.16. The molecule has 7 nitrogen and oxygen atoms in total. The maximum atomic E-state index is 12.9. The second-order valence-corrected chi connectivity index (χ2v) is 8.08. The molecule has 1 fully saturated rings. The van der Waals surface area contributed by atoms with Crippen molar-refractivity contribution >= 4 is 17.4 Å². The minimum absolute atomic E-state index is 0.0102. The zero-order valence-corrected chi connectivity index (χ0v) is 18.2. The van der Waals surface area contributed by atoms with Crippen molar-refractivity contribution in [3.8, 4) is 11.5 Å². The van der Waals surface area contributed by atoms with E-state index < -0.39 is 17.7 Å². The lowest BCUT2D eigenvalue weighted by Crippen LogP contribution is -2.35. The molecular formula is C24H28N2O5. The topological polar surface area (TPSA) is 90.3 Å². The Morgan fingerprint density at radius 2 is 1.68 bits per heavy atom. The molecule has 0 bridgehead atoms. The minimum Gasteiger partial charge on any atom is -0.508 e. The number of ketones is 1. The molecule has 1 aliphatic heterocycles. The first-order valence-electron chi connectivity index (χ1n) is 10.2. The molecule has 31 heavy (non-hydrogen) atoms. The highest BCUT2D eigenvalue weighted by Crippen LogP contribution is 2.39. The van der Waals surface area contributed by atoms with Crippen LogP contribution in [0.1, 0.15) is 31.0 Å². The van der Waals surface area contributed by atoms with Crippen LogP contribution in [0.4, 0.5) is 0 Å². The summed E-state index contributed by atoms with van der Waals surface area (Å²) in [6, 6.07) is 12.3.